The summed E-state index contributed by atoms with van der Waals surface area (Å²) in [6.45, 7) is 8.71. The van der Waals surface area contributed by atoms with E-state index in [2.05, 4.69) is 29.9 Å². The molecule has 1 fully saturated rings. The number of likely N-dealkylation sites (tertiary alicyclic amines) is 1. The largest absolute Gasteiger partial charge is 0.484 e. The van der Waals surface area contributed by atoms with Crippen molar-refractivity contribution in [1.82, 2.24) is 14.9 Å². The summed E-state index contributed by atoms with van der Waals surface area (Å²) >= 11 is 0. The number of aromatic amines is 1. The monoisotopic (exact) mass is 420 g/mol. The number of aromatic nitrogens is 2. The third-order valence-electron chi connectivity index (χ3n) is 6.24. The van der Waals surface area contributed by atoms with E-state index in [9.17, 15) is 4.79 Å². The maximum atomic E-state index is 12.6. The van der Waals surface area contributed by atoms with Crippen LogP contribution in [0.25, 0.3) is 22.2 Å². The van der Waals surface area contributed by atoms with Crippen LogP contribution in [0, 0.1) is 12.8 Å². The van der Waals surface area contributed by atoms with Crippen LogP contribution in [0.2, 0.25) is 0 Å². The van der Waals surface area contributed by atoms with E-state index >= 15 is 0 Å². The first-order chi connectivity index (χ1) is 15.0. The molecule has 3 aromatic rings. The van der Waals surface area contributed by atoms with Gasteiger partial charge in [0.05, 0.1) is 5.69 Å². The average Bonchev–Trinajstić information content (AvgIpc) is 3.16. The maximum absolute atomic E-state index is 12.6. The van der Waals surface area contributed by atoms with Crippen LogP contribution in [0.5, 0.6) is 5.75 Å². The number of nitrogens with one attached hydrogen (secondary N) is 1. The van der Waals surface area contributed by atoms with Gasteiger partial charge in [-0.15, -0.1) is 0 Å². The van der Waals surface area contributed by atoms with Crippen LogP contribution >= 0.6 is 0 Å². The predicted molar refractivity (Wildman–Crippen MR) is 124 cm³/mol. The first-order valence-electron chi connectivity index (χ1n) is 11.2. The van der Waals surface area contributed by atoms with Crippen molar-refractivity contribution in [2.24, 2.45) is 11.7 Å². The molecule has 0 bridgehead atoms. The summed E-state index contributed by atoms with van der Waals surface area (Å²) in [5.74, 6) is 1.63. The lowest BCUT2D eigenvalue weighted by atomic mass is 9.96. The van der Waals surface area contributed by atoms with Gasteiger partial charge < -0.3 is 20.4 Å². The molecule has 3 heterocycles. The molecule has 1 aliphatic rings. The van der Waals surface area contributed by atoms with E-state index in [1.165, 1.54) is 5.56 Å². The molecule has 0 aliphatic carbocycles. The van der Waals surface area contributed by atoms with Crippen LogP contribution in [0.15, 0.2) is 36.5 Å². The molecule has 1 aromatic carbocycles. The first-order valence-corrected chi connectivity index (χ1v) is 11.2. The zero-order chi connectivity index (χ0) is 22.0. The Bertz CT molecular complexity index is 1060. The standard InChI is InChI=1S/C25H32N4O2/c1-16(2)24-21-13-20(31-15-23(30)29-10-7-18(14-26)8-11-29)4-5-22(21)28-25(24)19-6-9-27-17(3)12-19/h4-6,9,12-13,16,18,28H,7-8,10-11,14-15,26H2,1-3H3. The van der Waals surface area contributed by atoms with Crippen molar-refractivity contribution >= 4 is 16.8 Å². The van der Waals surface area contributed by atoms with Gasteiger partial charge in [0.1, 0.15) is 5.75 Å². The van der Waals surface area contributed by atoms with Gasteiger partial charge >= 0.3 is 0 Å². The molecule has 1 amide bonds. The quantitative estimate of drug-likeness (QED) is 0.625. The van der Waals surface area contributed by atoms with E-state index in [-0.39, 0.29) is 12.5 Å². The average molecular weight is 421 g/mol. The lowest BCUT2D eigenvalue weighted by Crippen LogP contribution is -2.42. The second kappa shape index (κ2) is 9.10. The number of piperidine rings is 1. The number of H-pyrrole nitrogens is 1. The number of nitrogens with two attached hydrogens (primary N) is 1. The minimum atomic E-state index is 0.0432. The Labute approximate surface area is 183 Å². The van der Waals surface area contributed by atoms with Crippen molar-refractivity contribution in [1.29, 1.82) is 0 Å². The summed E-state index contributed by atoms with van der Waals surface area (Å²) in [6, 6.07) is 10.1. The molecule has 1 aliphatic heterocycles. The second-order valence-corrected chi connectivity index (χ2v) is 8.81. The lowest BCUT2D eigenvalue weighted by molar-refractivity contribution is -0.134. The molecule has 0 unspecified atom stereocenters. The second-order valence-electron chi connectivity index (χ2n) is 8.81. The highest BCUT2D eigenvalue weighted by Crippen LogP contribution is 2.37. The van der Waals surface area contributed by atoms with E-state index in [4.69, 9.17) is 10.5 Å². The number of carbonyl (C=O) groups is 1. The zero-order valence-electron chi connectivity index (χ0n) is 18.6. The lowest BCUT2D eigenvalue weighted by Gasteiger charge is -2.31. The van der Waals surface area contributed by atoms with Crippen molar-refractivity contribution < 1.29 is 9.53 Å². The van der Waals surface area contributed by atoms with Gasteiger partial charge in [-0.05, 0) is 74.0 Å². The van der Waals surface area contributed by atoms with Crippen LogP contribution in [0.3, 0.4) is 0 Å². The highest BCUT2D eigenvalue weighted by molar-refractivity contribution is 5.92. The van der Waals surface area contributed by atoms with E-state index < -0.39 is 0 Å². The first kappa shape index (κ1) is 21.4. The van der Waals surface area contributed by atoms with Gasteiger partial charge in [-0.3, -0.25) is 9.78 Å². The molecule has 4 rings (SSSR count). The number of hydrogen-bond donors (Lipinski definition) is 2. The fourth-order valence-corrected chi connectivity index (χ4v) is 4.46. The third-order valence-corrected chi connectivity index (χ3v) is 6.24. The highest BCUT2D eigenvalue weighted by atomic mass is 16.5. The van der Waals surface area contributed by atoms with Gasteiger partial charge in [0.15, 0.2) is 6.61 Å². The normalized spacial score (nSPS) is 15.1. The van der Waals surface area contributed by atoms with E-state index in [0.717, 1.165) is 59.5 Å². The fourth-order valence-electron chi connectivity index (χ4n) is 4.46. The minimum absolute atomic E-state index is 0.0432. The molecular formula is C25H32N4O2. The number of nitrogens with zero attached hydrogens (tertiary/aromatic N) is 2. The molecule has 2 aromatic heterocycles. The zero-order valence-corrected chi connectivity index (χ0v) is 18.6. The summed E-state index contributed by atoms with van der Waals surface area (Å²) in [5.41, 5.74) is 11.3. The van der Waals surface area contributed by atoms with Crippen LogP contribution in [-0.4, -0.2) is 47.0 Å². The number of hydrogen-bond acceptors (Lipinski definition) is 4. The summed E-state index contributed by atoms with van der Waals surface area (Å²) in [6.07, 6.45) is 3.80. The number of ether oxygens (including phenoxy) is 1. The molecule has 1 saturated heterocycles. The molecule has 0 spiro atoms. The molecule has 31 heavy (non-hydrogen) atoms. The van der Waals surface area contributed by atoms with Crippen molar-refractivity contribution in [3.63, 3.8) is 0 Å². The van der Waals surface area contributed by atoms with Crippen LogP contribution in [0.1, 0.15) is 43.9 Å². The van der Waals surface area contributed by atoms with Crippen molar-refractivity contribution in [3.8, 4) is 17.0 Å². The van der Waals surface area contributed by atoms with Gasteiger partial charge in [0.25, 0.3) is 5.91 Å². The summed E-state index contributed by atoms with van der Waals surface area (Å²) < 4.78 is 5.91. The van der Waals surface area contributed by atoms with E-state index in [1.54, 1.807) is 0 Å². The topological polar surface area (TPSA) is 84.2 Å². The molecule has 6 heteroatoms. The molecule has 164 valence electrons. The van der Waals surface area contributed by atoms with Crippen LogP contribution in [0.4, 0.5) is 0 Å². The molecule has 3 N–H and O–H groups in total. The SMILES string of the molecule is Cc1cc(-c2[nH]c3ccc(OCC(=O)N4CCC(CN)CC4)cc3c2C(C)C)ccn1. The number of benzene rings is 1. The van der Waals surface area contributed by atoms with Crippen LogP contribution in [-0.2, 0) is 4.79 Å². The Morgan fingerprint density at radius 1 is 1.26 bits per heavy atom. The van der Waals surface area contributed by atoms with Gasteiger partial charge in [0, 0.05) is 41.4 Å². The minimum Gasteiger partial charge on any atom is -0.484 e. The van der Waals surface area contributed by atoms with Crippen molar-refractivity contribution in [2.45, 2.75) is 39.5 Å². The maximum Gasteiger partial charge on any atom is 0.260 e. The Morgan fingerprint density at radius 3 is 2.71 bits per heavy atom. The van der Waals surface area contributed by atoms with Crippen molar-refractivity contribution in [2.75, 3.05) is 26.2 Å². The Hall–Kier alpha value is -2.86. The predicted octanol–water partition coefficient (Wildman–Crippen LogP) is 4.24. The smallest absolute Gasteiger partial charge is 0.260 e. The highest BCUT2D eigenvalue weighted by Gasteiger charge is 2.22. The molecule has 6 nitrogen and oxygen atoms in total. The number of rotatable bonds is 6. The number of carbonyl (C=O) groups excluding carboxylic acids is 1. The molecule has 0 atom stereocenters. The van der Waals surface area contributed by atoms with Gasteiger partial charge in [0.2, 0.25) is 0 Å². The Kier molecular flexibility index (Phi) is 6.28. The fraction of sp³-hybridized carbons (Fsp3) is 0.440. The van der Waals surface area contributed by atoms with E-state index in [1.807, 2.05) is 42.3 Å². The summed E-state index contributed by atoms with van der Waals surface area (Å²) in [7, 11) is 0. The third kappa shape index (κ3) is 4.59. The van der Waals surface area contributed by atoms with Crippen LogP contribution < -0.4 is 10.5 Å². The number of fused-ring (bicyclic) bond motifs is 1. The number of pyridine rings is 1. The number of amides is 1. The summed E-state index contributed by atoms with van der Waals surface area (Å²) in [4.78, 5) is 22.4. The van der Waals surface area contributed by atoms with Crippen molar-refractivity contribution in [3.05, 3.63) is 47.8 Å². The van der Waals surface area contributed by atoms with Gasteiger partial charge in [-0.1, -0.05) is 13.8 Å². The molecule has 0 radical (unpaired) electrons. The van der Waals surface area contributed by atoms with Gasteiger partial charge in [-0.2, -0.15) is 0 Å². The molecular weight excluding hydrogens is 388 g/mol. The summed E-state index contributed by atoms with van der Waals surface area (Å²) in [5, 5.41) is 1.13. The van der Waals surface area contributed by atoms with E-state index in [0.29, 0.717) is 18.4 Å². The number of aryl methyl sites for hydroxylation is 1. The Balaban J connectivity index is 1.54. The van der Waals surface area contributed by atoms with Gasteiger partial charge in [-0.25, -0.2) is 0 Å². The Morgan fingerprint density at radius 2 is 2.03 bits per heavy atom. The molecule has 0 saturated carbocycles.